The molecule has 1 aliphatic carbocycles. The quantitative estimate of drug-likeness (QED) is 0.372. The number of sulfonamides is 1. The van der Waals surface area contributed by atoms with Crippen molar-refractivity contribution in [2.45, 2.75) is 23.8 Å². The molecule has 0 aromatic heterocycles. The Kier molecular flexibility index (Phi) is 3.54. The average molecular weight is 283 g/mol. The van der Waals surface area contributed by atoms with Gasteiger partial charge in [-0.15, -0.1) is 0 Å². The third-order valence-corrected chi connectivity index (χ3v) is 4.36. The third kappa shape index (κ3) is 2.91. The molecule has 0 radical (unpaired) electrons. The molecule has 0 bridgehead atoms. The number of nitro groups is 1. The van der Waals surface area contributed by atoms with Gasteiger partial charge in [0.25, 0.3) is 5.69 Å². The van der Waals surface area contributed by atoms with E-state index in [1.54, 1.807) is 0 Å². The molecule has 1 aliphatic rings. The molecule has 0 fully saturated rings. The van der Waals surface area contributed by atoms with Gasteiger partial charge in [0, 0.05) is 12.1 Å². The molecule has 102 valence electrons. The molecule has 0 saturated heterocycles. The number of nitrogens with two attached hydrogens (primary N) is 1. The van der Waals surface area contributed by atoms with Crippen molar-refractivity contribution in [3.8, 4) is 0 Å². The molecule has 0 amide bonds. The number of hydrogen-bond donors (Lipinski definition) is 2. The number of rotatable bonds is 4. The highest BCUT2D eigenvalue weighted by molar-refractivity contribution is 7.89. The normalized spacial score (nSPS) is 15.8. The predicted molar refractivity (Wildman–Crippen MR) is 70.0 cm³/mol. The molecule has 0 heterocycles. The van der Waals surface area contributed by atoms with Gasteiger partial charge in [-0.05, 0) is 25.0 Å². The summed E-state index contributed by atoms with van der Waals surface area (Å²) in [6.07, 6.45) is 5.02. The first-order valence-corrected chi connectivity index (χ1v) is 7.10. The van der Waals surface area contributed by atoms with E-state index in [2.05, 4.69) is 4.72 Å². The number of hydrogen-bond acceptors (Lipinski definition) is 5. The van der Waals surface area contributed by atoms with Crippen LogP contribution in [0.2, 0.25) is 0 Å². The monoisotopic (exact) mass is 283 g/mol. The molecule has 3 N–H and O–H groups in total. The molecule has 0 aliphatic heterocycles. The van der Waals surface area contributed by atoms with Crippen LogP contribution in [0.15, 0.2) is 35.2 Å². The first kappa shape index (κ1) is 13.5. The van der Waals surface area contributed by atoms with Crippen molar-refractivity contribution >= 4 is 21.4 Å². The van der Waals surface area contributed by atoms with E-state index in [1.807, 2.05) is 12.2 Å². The van der Waals surface area contributed by atoms with Crippen LogP contribution in [-0.4, -0.2) is 19.4 Å². The molecule has 0 saturated carbocycles. The van der Waals surface area contributed by atoms with E-state index in [0.717, 1.165) is 6.07 Å². The number of nitrogens with zero attached hydrogens (tertiary/aromatic N) is 1. The highest BCUT2D eigenvalue weighted by Gasteiger charge is 2.23. The fraction of sp³-hybridized carbons (Fsp3) is 0.273. The van der Waals surface area contributed by atoms with Gasteiger partial charge in [0.1, 0.15) is 5.69 Å². The highest BCUT2D eigenvalue weighted by atomic mass is 32.2. The van der Waals surface area contributed by atoms with Crippen molar-refractivity contribution < 1.29 is 13.3 Å². The van der Waals surface area contributed by atoms with Crippen molar-refractivity contribution in [1.29, 1.82) is 0 Å². The minimum Gasteiger partial charge on any atom is -0.393 e. The van der Waals surface area contributed by atoms with Crippen LogP contribution in [-0.2, 0) is 10.0 Å². The zero-order valence-electron chi connectivity index (χ0n) is 9.94. The van der Waals surface area contributed by atoms with E-state index < -0.39 is 20.6 Å². The summed E-state index contributed by atoms with van der Waals surface area (Å²) in [6.45, 7) is 0. The summed E-state index contributed by atoms with van der Waals surface area (Å²) in [4.78, 5) is 9.89. The molecular formula is C11H13N3O4S. The highest BCUT2D eigenvalue weighted by Crippen LogP contribution is 2.25. The number of anilines is 1. The smallest absolute Gasteiger partial charge is 0.293 e. The van der Waals surface area contributed by atoms with Crippen LogP contribution in [0, 0.1) is 10.1 Å². The maximum Gasteiger partial charge on any atom is 0.293 e. The summed E-state index contributed by atoms with van der Waals surface area (Å²) in [6, 6.07) is 3.26. The Morgan fingerprint density at radius 2 is 1.95 bits per heavy atom. The Morgan fingerprint density at radius 1 is 1.32 bits per heavy atom. The molecule has 0 unspecified atom stereocenters. The fourth-order valence-corrected chi connectivity index (χ4v) is 3.13. The first-order valence-electron chi connectivity index (χ1n) is 5.61. The predicted octanol–water partition coefficient (Wildman–Crippen LogP) is 1.17. The van der Waals surface area contributed by atoms with Crippen LogP contribution >= 0.6 is 0 Å². The van der Waals surface area contributed by atoms with Gasteiger partial charge in [-0.25, -0.2) is 13.1 Å². The zero-order valence-corrected chi connectivity index (χ0v) is 10.8. The lowest BCUT2D eigenvalue weighted by Gasteiger charge is -2.12. The van der Waals surface area contributed by atoms with Crippen LogP contribution in [0.25, 0.3) is 0 Å². The van der Waals surface area contributed by atoms with Crippen LogP contribution in [0.5, 0.6) is 0 Å². The number of nitrogen functional groups attached to an aromatic ring is 1. The molecule has 7 nitrogen and oxygen atoms in total. The maximum absolute atomic E-state index is 12.1. The van der Waals surface area contributed by atoms with E-state index in [9.17, 15) is 18.5 Å². The summed E-state index contributed by atoms with van der Waals surface area (Å²) in [7, 11) is -3.77. The Labute approximate surface area is 110 Å². The van der Waals surface area contributed by atoms with Crippen molar-refractivity contribution in [3.63, 3.8) is 0 Å². The lowest BCUT2D eigenvalue weighted by Crippen LogP contribution is -2.32. The molecule has 19 heavy (non-hydrogen) atoms. The number of nitro benzene ring substituents is 1. The Hall–Kier alpha value is -1.93. The van der Waals surface area contributed by atoms with Crippen LogP contribution in [0.4, 0.5) is 11.4 Å². The summed E-state index contributed by atoms with van der Waals surface area (Å²) in [5.74, 6) is 0. The minimum absolute atomic E-state index is 0.0634. The second kappa shape index (κ2) is 4.98. The lowest BCUT2D eigenvalue weighted by atomic mass is 10.3. The zero-order chi connectivity index (χ0) is 14.0. The van der Waals surface area contributed by atoms with E-state index in [1.165, 1.54) is 12.1 Å². The van der Waals surface area contributed by atoms with E-state index in [4.69, 9.17) is 5.73 Å². The second-order valence-corrected chi connectivity index (χ2v) is 5.95. The molecule has 1 aromatic carbocycles. The van der Waals surface area contributed by atoms with Crippen molar-refractivity contribution in [2.75, 3.05) is 5.73 Å². The minimum atomic E-state index is -3.77. The molecule has 2 rings (SSSR count). The standard InChI is InChI=1S/C11H13N3O4S/c12-10-6-5-9(7-11(10)14(15)16)19(17,18)13-8-3-1-2-4-8/h1-2,5-8,13H,3-4,12H2. The topological polar surface area (TPSA) is 115 Å². The molecule has 8 heteroatoms. The number of benzene rings is 1. The second-order valence-electron chi connectivity index (χ2n) is 4.24. The van der Waals surface area contributed by atoms with Crippen LogP contribution < -0.4 is 10.5 Å². The SMILES string of the molecule is Nc1ccc(S(=O)(=O)NC2CC=CC2)cc1[N+](=O)[O-]. The molecular weight excluding hydrogens is 270 g/mol. The summed E-state index contributed by atoms with van der Waals surface area (Å²) in [5, 5.41) is 10.7. The van der Waals surface area contributed by atoms with Crippen molar-refractivity contribution in [3.05, 3.63) is 40.5 Å². The first-order chi connectivity index (χ1) is 8.90. The van der Waals surface area contributed by atoms with Gasteiger partial charge in [0.05, 0.1) is 9.82 Å². The van der Waals surface area contributed by atoms with Gasteiger partial charge in [-0.1, -0.05) is 12.2 Å². The molecule has 0 spiro atoms. The van der Waals surface area contributed by atoms with Gasteiger partial charge in [-0.3, -0.25) is 10.1 Å². The van der Waals surface area contributed by atoms with E-state index >= 15 is 0 Å². The fourth-order valence-electron chi connectivity index (χ4n) is 1.85. The summed E-state index contributed by atoms with van der Waals surface area (Å²) >= 11 is 0. The maximum atomic E-state index is 12.1. The Balaban J connectivity index is 2.29. The summed E-state index contributed by atoms with van der Waals surface area (Å²) in [5.41, 5.74) is 4.96. The van der Waals surface area contributed by atoms with Gasteiger partial charge in [0.15, 0.2) is 0 Å². The average Bonchev–Trinajstić information content (AvgIpc) is 2.80. The third-order valence-electron chi connectivity index (χ3n) is 2.84. The van der Waals surface area contributed by atoms with E-state index in [-0.39, 0.29) is 16.6 Å². The Morgan fingerprint density at radius 3 is 2.53 bits per heavy atom. The van der Waals surface area contributed by atoms with Gasteiger partial charge < -0.3 is 5.73 Å². The largest absolute Gasteiger partial charge is 0.393 e. The van der Waals surface area contributed by atoms with Crippen molar-refractivity contribution in [1.82, 2.24) is 4.72 Å². The molecule has 0 atom stereocenters. The van der Waals surface area contributed by atoms with Crippen LogP contribution in [0.1, 0.15) is 12.8 Å². The lowest BCUT2D eigenvalue weighted by molar-refractivity contribution is -0.384. The van der Waals surface area contributed by atoms with Crippen molar-refractivity contribution in [2.24, 2.45) is 0 Å². The van der Waals surface area contributed by atoms with Gasteiger partial charge >= 0.3 is 0 Å². The van der Waals surface area contributed by atoms with Gasteiger partial charge in [0.2, 0.25) is 10.0 Å². The summed E-state index contributed by atoms with van der Waals surface area (Å²) < 4.78 is 26.6. The van der Waals surface area contributed by atoms with Gasteiger partial charge in [-0.2, -0.15) is 0 Å². The van der Waals surface area contributed by atoms with E-state index in [0.29, 0.717) is 12.8 Å². The Bertz CT molecular complexity index is 631. The molecule has 1 aromatic rings. The van der Waals surface area contributed by atoms with Crippen LogP contribution in [0.3, 0.4) is 0 Å². The number of nitrogens with one attached hydrogen (secondary N) is 1.